The van der Waals surface area contributed by atoms with Crippen LogP contribution in [0.3, 0.4) is 0 Å². The highest BCUT2D eigenvalue weighted by molar-refractivity contribution is 5.89. The van der Waals surface area contributed by atoms with Crippen molar-refractivity contribution in [2.24, 2.45) is 11.8 Å². The Labute approximate surface area is 90.3 Å². The molecule has 0 aliphatic heterocycles. The standard InChI is InChI=1S/C11H19NO3/c1-5-11(2,3)12(4)9(13)7-6-8(7)10(14)15/h7-8H,5-6H2,1-4H3,(H,14,15). The van der Waals surface area contributed by atoms with Crippen LogP contribution in [0.25, 0.3) is 0 Å². The van der Waals surface area contributed by atoms with E-state index < -0.39 is 11.9 Å². The largest absolute Gasteiger partial charge is 0.481 e. The van der Waals surface area contributed by atoms with Gasteiger partial charge >= 0.3 is 5.97 Å². The van der Waals surface area contributed by atoms with Crippen LogP contribution >= 0.6 is 0 Å². The molecule has 1 saturated carbocycles. The first-order valence-electron chi connectivity index (χ1n) is 5.31. The summed E-state index contributed by atoms with van der Waals surface area (Å²) in [7, 11) is 1.75. The van der Waals surface area contributed by atoms with E-state index in [9.17, 15) is 9.59 Å². The minimum absolute atomic E-state index is 0.0331. The number of nitrogens with zero attached hydrogens (tertiary/aromatic N) is 1. The minimum Gasteiger partial charge on any atom is -0.481 e. The SMILES string of the molecule is CCC(C)(C)N(C)C(=O)C1CC1C(=O)O. The Balaban J connectivity index is 2.60. The van der Waals surface area contributed by atoms with Gasteiger partial charge in [-0.15, -0.1) is 0 Å². The van der Waals surface area contributed by atoms with E-state index in [-0.39, 0.29) is 17.4 Å². The number of hydrogen-bond donors (Lipinski definition) is 1. The van der Waals surface area contributed by atoms with Crippen molar-refractivity contribution in [2.75, 3.05) is 7.05 Å². The minimum atomic E-state index is -0.851. The summed E-state index contributed by atoms with van der Waals surface area (Å²) in [5.41, 5.74) is -0.192. The predicted octanol–water partition coefficient (Wildman–Crippen LogP) is 1.35. The van der Waals surface area contributed by atoms with Gasteiger partial charge in [-0.1, -0.05) is 6.92 Å². The Morgan fingerprint density at radius 2 is 1.93 bits per heavy atom. The van der Waals surface area contributed by atoms with Crippen LogP contribution in [0, 0.1) is 11.8 Å². The number of carbonyl (C=O) groups excluding carboxylic acids is 1. The zero-order valence-corrected chi connectivity index (χ0v) is 9.78. The van der Waals surface area contributed by atoms with E-state index in [1.54, 1.807) is 11.9 Å². The molecule has 0 aromatic heterocycles. The number of amides is 1. The second kappa shape index (κ2) is 3.83. The van der Waals surface area contributed by atoms with Crippen LogP contribution in [0.15, 0.2) is 0 Å². The van der Waals surface area contributed by atoms with E-state index in [2.05, 4.69) is 0 Å². The van der Waals surface area contributed by atoms with Crippen molar-refractivity contribution < 1.29 is 14.7 Å². The van der Waals surface area contributed by atoms with Crippen molar-refractivity contribution in [3.63, 3.8) is 0 Å². The zero-order chi connectivity index (χ0) is 11.8. The van der Waals surface area contributed by atoms with Gasteiger partial charge in [0.05, 0.1) is 11.8 Å². The van der Waals surface area contributed by atoms with Crippen LogP contribution in [0.4, 0.5) is 0 Å². The smallest absolute Gasteiger partial charge is 0.307 e. The van der Waals surface area contributed by atoms with Gasteiger partial charge in [0.2, 0.25) is 5.91 Å². The van der Waals surface area contributed by atoms with Crippen LogP contribution in [-0.4, -0.2) is 34.5 Å². The molecule has 15 heavy (non-hydrogen) atoms. The molecule has 1 aliphatic rings. The predicted molar refractivity (Wildman–Crippen MR) is 56.4 cm³/mol. The Morgan fingerprint density at radius 1 is 1.40 bits per heavy atom. The first-order valence-corrected chi connectivity index (χ1v) is 5.31. The van der Waals surface area contributed by atoms with E-state index in [0.29, 0.717) is 6.42 Å². The lowest BCUT2D eigenvalue weighted by Gasteiger charge is -2.35. The second-order valence-corrected chi connectivity index (χ2v) is 4.85. The molecule has 1 fully saturated rings. The molecule has 0 heterocycles. The Bertz CT molecular complexity index is 286. The molecule has 0 spiro atoms. The molecule has 0 aromatic carbocycles. The molecule has 1 aliphatic carbocycles. The molecule has 4 heteroatoms. The Kier molecular flexibility index (Phi) is 3.07. The van der Waals surface area contributed by atoms with E-state index in [1.807, 2.05) is 20.8 Å². The average Bonchev–Trinajstić information content (AvgIpc) is 2.95. The second-order valence-electron chi connectivity index (χ2n) is 4.85. The lowest BCUT2D eigenvalue weighted by atomic mass is 9.99. The number of aliphatic carboxylic acids is 1. The molecule has 2 atom stereocenters. The van der Waals surface area contributed by atoms with Gasteiger partial charge in [0.15, 0.2) is 0 Å². The van der Waals surface area contributed by atoms with Crippen molar-refractivity contribution >= 4 is 11.9 Å². The van der Waals surface area contributed by atoms with Gasteiger partial charge in [0, 0.05) is 12.6 Å². The van der Waals surface area contributed by atoms with E-state index in [1.165, 1.54) is 0 Å². The van der Waals surface area contributed by atoms with Gasteiger partial charge < -0.3 is 10.0 Å². The molecule has 0 bridgehead atoms. The summed E-state index contributed by atoms with van der Waals surface area (Å²) in [5.74, 6) is -1.63. The fourth-order valence-electron chi connectivity index (χ4n) is 1.53. The summed E-state index contributed by atoms with van der Waals surface area (Å²) in [5, 5.41) is 8.74. The zero-order valence-electron chi connectivity index (χ0n) is 9.78. The van der Waals surface area contributed by atoms with Crippen molar-refractivity contribution in [3.05, 3.63) is 0 Å². The maximum atomic E-state index is 11.9. The highest BCUT2D eigenvalue weighted by Gasteiger charge is 2.50. The van der Waals surface area contributed by atoms with Gasteiger partial charge in [0.25, 0.3) is 0 Å². The molecule has 1 N–H and O–H groups in total. The summed E-state index contributed by atoms with van der Waals surface area (Å²) in [6.45, 7) is 6.00. The molecule has 4 nitrogen and oxygen atoms in total. The van der Waals surface area contributed by atoms with E-state index in [4.69, 9.17) is 5.11 Å². The fourth-order valence-corrected chi connectivity index (χ4v) is 1.53. The van der Waals surface area contributed by atoms with Gasteiger partial charge in [-0.2, -0.15) is 0 Å². The third-order valence-electron chi connectivity index (χ3n) is 3.53. The number of rotatable bonds is 4. The van der Waals surface area contributed by atoms with Gasteiger partial charge in [-0.25, -0.2) is 0 Å². The maximum absolute atomic E-state index is 11.9. The number of hydrogen-bond acceptors (Lipinski definition) is 2. The van der Waals surface area contributed by atoms with E-state index >= 15 is 0 Å². The van der Waals surface area contributed by atoms with Gasteiger partial charge in [-0.3, -0.25) is 9.59 Å². The normalized spacial score (nSPS) is 24.8. The molecule has 0 aromatic rings. The summed E-state index contributed by atoms with van der Waals surface area (Å²) in [6.07, 6.45) is 1.36. The third kappa shape index (κ3) is 2.30. The highest BCUT2D eigenvalue weighted by atomic mass is 16.4. The van der Waals surface area contributed by atoms with Crippen LogP contribution < -0.4 is 0 Å². The average molecular weight is 213 g/mol. The number of carbonyl (C=O) groups is 2. The van der Waals surface area contributed by atoms with Crippen LogP contribution in [0.2, 0.25) is 0 Å². The summed E-state index contributed by atoms with van der Waals surface area (Å²) < 4.78 is 0. The van der Waals surface area contributed by atoms with Crippen LogP contribution in [-0.2, 0) is 9.59 Å². The molecule has 1 amide bonds. The first kappa shape index (κ1) is 12.0. The number of carboxylic acid groups (broad SMARTS) is 1. The molecule has 0 radical (unpaired) electrons. The number of carboxylic acids is 1. The fraction of sp³-hybridized carbons (Fsp3) is 0.818. The monoisotopic (exact) mass is 213 g/mol. The first-order chi connectivity index (χ1) is 6.81. The van der Waals surface area contributed by atoms with Crippen molar-refractivity contribution in [2.45, 2.75) is 39.2 Å². The third-order valence-corrected chi connectivity index (χ3v) is 3.53. The highest BCUT2D eigenvalue weighted by Crippen LogP contribution is 2.41. The summed E-state index contributed by atoms with van der Waals surface area (Å²) >= 11 is 0. The molecule has 86 valence electrons. The lowest BCUT2D eigenvalue weighted by molar-refractivity contribution is -0.143. The topological polar surface area (TPSA) is 57.6 Å². The van der Waals surface area contributed by atoms with Crippen molar-refractivity contribution in [1.29, 1.82) is 0 Å². The van der Waals surface area contributed by atoms with Crippen LogP contribution in [0.5, 0.6) is 0 Å². The van der Waals surface area contributed by atoms with Crippen molar-refractivity contribution in [1.82, 2.24) is 4.90 Å². The summed E-state index contributed by atoms with van der Waals surface area (Å²) in [4.78, 5) is 24.2. The quantitative estimate of drug-likeness (QED) is 0.767. The van der Waals surface area contributed by atoms with Crippen molar-refractivity contribution in [3.8, 4) is 0 Å². The lowest BCUT2D eigenvalue weighted by Crippen LogP contribution is -2.45. The summed E-state index contributed by atoms with van der Waals surface area (Å²) in [6, 6.07) is 0. The molecule has 0 saturated heterocycles. The molecule has 2 unspecified atom stereocenters. The molecule has 1 rings (SSSR count). The maximum Gasteiger partial charge on any atom is 0.307 e. The molecular formula is C11H19NO3. The Morgan fingerprint density at radius 3 is 2.27 bits per heavy atom. The van der Waals surface area contributed by atoms with E-state index in [0.717, 1.165) is 6.42 Å². The van der Waals surface area contributed by atoms with Gasteiger partial charge in [-0.05, 0) is 26.7 Å². The Hall–Kier alpha value is -1.06. The molecular weight excluding hydrogens is 194 g/mol. The van der Waals surface area contributed by atoms with Gasteiger partial charge in [0.1, 0.15) is 0 Å². The van der Waals surface area contributed by atoms with Crippen LogP contribution in [0.1, 0.15) is 33.6 Å².